The Balaban J connectivity index is 0.870. The van der Waals surface area contributed by atoms with Gasteiger partial charge < -0.3 is 18.9 Å². The van der Waals surface area contributed by atoms with E-state index >= 15 is 19.2 Å². The summed E-state index contributed by atoms with van der Waals surface area (Å²) >= 11 is 4.62. The van der Waals surface area contributed by atoms with Gasteiger partial charge in [-0.1, -0.05) is 176 Å². The van der Waals surface area contributed by atoms with Crippen LogP contribution in [-0.2, 0) is 75.4 Å². The summed E-state index contributed by atoms with van der Waals surface area (Å²) in [6.07, 6.45) is 8.44. The highest BCUT2D eigenvalue weighted by Crippen LogP contribution is 2.67. The lowest BCUT2D eigenvalue weighted by Gasteiger charge is -2.27. The van der Waals surface area contributed by atoms with Gasteiger partial charge in [0, 0.05) is 54.3 Å². The number of hydrogen-bond donors (Lipinski definition) is 0. The molecule has 4 aliphatic carbocycles. The van der Waals surface area contributed by atoms with Crippen LogP contribution < -0.4 is 0 Å². The normalized spacial score (nSPS) is 14.7. The second-order valence-corrected chi connectivity index (χ2v) is 29.4. The maximum Gasteiger partial charge on any atom is 0.333 e. The second kappa shape index (κ2) is 24.7. The first-order valence-electron chi connectivity index (χ1n) is 32.4. The molecule has 4 heterocycles. The van der Waals surface area contributed by atoms with Crippen molar-refractivity contribution in [1.29, 1.82) is 0 Å². The number of esters is 4. The summed E-state index contributed by atoms with van der Waals surface area (Å²) in [4.78, 5) is 126. The standard InChI is InChI=1S/C85H52O12S4/c1-3-4-27-51-31-55-35-61-60(34-54(55)30-46(51)2)70(86)64(71(61)87)38-58-40-66-74(98-58)76-68(84(66,80(90)94-42-47-19-9-5-10-20-47)81(91)95-43-48-21-11-6-12-22-48)78-79(100-76)69-77(101-78)75-67(85(69,82(92)96-44-49-23-13-7-14-24-49)83(93)97-45-50-25-15-8-16-26-50)41-59(99-75)39-65-72(88)62-36-56-32-52-28-17-18-29-53(52)33-57(56)37-63(62)73(65)89/h3-41H,1,42-45H2,2H3/b27-4-,64-38+. The molecule has 0 spiro atoms. The van der Waals surface area contributed by atoms with Crippen LogP contribution in [0, 0.1) is 6.92 Å². The quantitative estimate of drug-likeness (QED) is 0.0171. The van der Waals surface area contributed by atoms with Crippen LogP contribution in [0.25, 0.3) is 79.5 Å². The summed E-state index contributed by atoms with van der Waals surface area (Å²) < 4.78 is 26.3. The molecule has 12 nitrogen and oxygen atoms in total. The summed E-state index contributed by atoms with van der Waals surface area (Å²) in [5.41, 5.74) is 0.958. The number of thiophene rings is 4. The van der Waals surface area contributed by atoms with E-state index in [-0.39, 0.29) is 82.1 Å². The number of aryl methyl sites for hydroxylation is 1. The Kier molecular flexibility index (Phi) is 15.3. The zero-order valence-electron chi connectivity index (χ0n) is 53.6. The Bertz CT molecular complexity index is 5730. The maximum absolute atomic E-state index is 16.2. The van der Waals surface area contributed by atoms with Gasteiger partial charge in [0.15, 0.2) is 23.1 Å². The van der Waals surface area contributed by atoms with Crippen molar-refractivity contribution >= 4 is 152 Å². The number of fused-ring (bicyclic) bond motifs is 14. The molecular weight excluding hydrogens is 1340 g/mol. The minimum atomic E-state index is -2.44. The number of ketones is 4. The molecule has 488 valence electrons. The van der Waals surface area contributed by atoms with Crippen LogP contribution >= 0.6 is 45.3 Å². The molecule has 0 unspecified atom stereocenters. The van der Waals surface area contributed by atoms with Crippen LogP contribution in [0.4, 0.5) is 0 Å². The van der Waals surface area contributed by atoms with Gasteiger partial charge in [0.05, 0.1) is 40.1 Å². The van der Waals surface area contributed by atoms with Gasteiger partial charge in [0.25, 0.3) is 0 Å². The van der Waals surface area contributed by atoms with Gasteiger partial charge in [-0.3, -0.25) is 38.4 Å². The Morgan fingerprint density at radius 2 is 0.713 bits per heavy atom. The van der Waals surface area contributed by atoms with E-state index in [2.05, 4.69) is 6.58 Å². The highest BCUT2D eigenvalue weighted by Gasteiger charge is 2.65. The Morgan fingerprint density at radius 1 is 0.386 bits per heavy atom. The Morgan fingerprint density at radius 3 is 1.06 bits per heavy atom. The lowest BCUT2D eigenvalue weighted by atomic mass is 9.77. The minimum Gasteiger partial charge on any atom is -0.459 e. The number of carbonyl (C=O) groups is 8. The molecule has 0 N–H and O–H groups in total. The van der Waals surface area contributed by atoms with E-state index in [9.17, 15) is 19.2 Å². The number of carbonyl (C=O) groups excluding carboxylic acids is 8. The first-order valence-corrected chi connectivity index (χ1v) is 35.7. The van der Waals surface area contributed by atoms with Gasteiger partial charge in [-0.05, 0) is 139 Å². The molecular formula is C85H52O12S4. The number of Topliss-reactive ketones (excluding diaryl/α,β-unsaturated/α-hetero) is 4. The first kappa shape index (κ1) is 62.8. The van der Waals surface area contributed by atoms with Crippen molar-refractivity contribution in [3.8, 4) is 19.5 Å². The van der Waals surface area contributed by atoms with E-state index in [4.69, 9.17) is 18.9 Å². The zero-order chi connectivity index (χ0) is 69.0. The van der Waals surface area contributed by atoms with Gasteiger partial charge in [0.1, 0.15) is 26.4 Å². The molecule has 101 heavy (non-hydrogen) atoms. The summed E-state index contributed by atoms with van der Waals surface area (Å²) in [6.45, 7) is 4.71. The van der Waals surface area contributed by atoms with E-state index in [0.29, 0.717) is 60.9 Å². The summed E-state index contributed by atoms with van der Waals surface area (Å²) in [7, 11) is 0. The highest BCUT2D eigenvalue weighted by atomic mass is 32.1. The Labute approximate surface area is 593 Å². The fraction of sp³-hybridized carbons (Fsp3) is 0.0824. The summed E-state index contributed by atoms with van der Waals surface area (Å²) in [5, 5.41) is 5.06. The lowest BCUT2D eigenvalue weighted by molar-refractivity contribution is -0.166. The number of allylic oxidation sites excluding steroid dienone is 4. The second-order valence-electron chi connectivity index (χ2n) is 25.2. The number of benzene rings is 9. The molecule has 4 aliphatic rings. The minimum absolute atomic E-state index is 0.107. The van der Waals surface area contributed by atoms with Gasteiger partial charge in [-0.2, -0.15) is 0 Å². The van der Waals surface area contributed by atoms with Crippen molar-refractivity contribution in [2.24, 2.45) is 0 Å². The van der Waals surface area contributed by atoms with Crippen molar-refractivity contribution in [1.82, 2.24) is 0 Å². The Hall–Kier alpha value is -11.7. The van der Waals surface area contributed by atoms with E-state index < -0.39 is 57.8 Å². The molecule has 0 aliphatic heterocycles. The molecule has 0 saturated carbocycles. The molecule has 13 aromatic rings. The van der Waals surface area contributed by atoms with Crippen molar-refractivity contribution in [2.75, 3.05) is 0 Å². The molecule has 0 saturated heterocycles. The van der Waals surface area contributed by atoms with Gasteiger partial charge in [-0.15, -0.1) is 45.3 Å². The van der Waals surface area contributed by atoms with Crippen molar-refractivity contribution in [2.45, 2.75) is 44.2 Å². The molecule has 17 rings (SSSR count). The molecule has 0 amide bonds. The van der Waals surface area contributed by atoms with Crippen LogP contribution in [0.15, 0.2) is 236 Å². The third kappa shape index (κ3) is 10.1. The SMILES string of the molecule is C=C/C=C\c1cc2cc3c(cc2cc1C)C(=O)/C(=C\c1cc2c(s1)-c1sc4c5c(sc4c1C2(C(=O)OCc1ccccc1)C(=O)OCc1ccccc1)-c1sc(C=C2C(=O)c4cc6cc7ccccc7cc6cc4C2=O)cc1C5(C(=O)OCc1ccccc1)C(=O)OCc1ccccc1)C3=O. The van der Waals surface area contributed by atoms with Gasteiger partial charge in [-0.25, -0.2) is 0 Å². The first-order chi connectivity index (χ1) is 49.2. The van der Waals surface area contributed by atoms with Crippen LogP contribution in [0.2, 0.25) is 0 Å². The van der Waals surface area contributed by atoms with E-state index in [0.717, 1.165) is 88.8 Å². The molecule has 0 bridgehead atoms. The largest absolute Gasteiger partial charge is 0.459 e. The van der Waals surface area contributed by atoms with Crippen molar-refractivity contribution in [3.05, 3.63) is 324 Å². The van der Waals surface area contributed by atoms with E-state index in [1.54, 1.807) is 140 Å². The number of hydrogen-bond acceptors (Lipinski definition) is 16. The average molecular weight is 1390 g/mol. The predicted octanol–water partition coefficient (Wildman–Crippen LogP) is 18.5. The molecule has 0 fully saturated rings. The van der Waals surface area contributed by atoms with Crippen LogP contribution in [0.5, 0.6) is 0 Å². The van der Waals surface area contributed by atoms with Gasteiger partial charge in [0.2, 0.25) is 10.8 Å². The van der Waals surface area contributed by atoms with Gasteiger partial charge >= 0.3 is 23.9 Å². The maximum atomic E-state index is 16.2. The summed E-state index contributed by atoms with van der Waals surface area (Å²) in [5.74, 6) is -5.94. The van der Waals surface area contributed by atoms with Crippen molar-refractivity contribution in [3.63, 3.8) is 0 Å². The molecule has 16 heteroatoms. The van der Waals surface area contributed by atoms with Crippen molar-refractivity contribution < 1.29 is 57.3 Å². The monoisotopic (exact) mass is 1390 g/mol. The molecule has 0 atom stereocenters. The van der Waals surface area contributed by atoms with Crippen LogP contribution in [0.1, 0.15) is 107 Å². The number of ether oxygens (including phenoxy) is 4. The third-order valence-corrected chi connectivity index (χ3v) is 24.3. The fourth-order valence-electron chi connectivity index (χ4n) is 14.3. The van der Waals surface area contributed by atoms with E-state index in [1.807, 2.05) is 91.9 Å². The third-order valence-electron chi connectivity index (χ3n) is 19.2. The zero-order valence-corrected chi connectivity index (χ0v) is 56.9. The molecule has 4 aromatic heterocycles. The predicted molar refractivity (Wildman–Crippen MR) is 395 cm³/mol. The smallest absolute Gasteiger partial charge is 0.333 e. The number of rotatable bonds is 16. The van der Waals surface area contributed by atoms with E-state index in [1.165, 1.54) is 12.2 Å². The topological polar surface area (TPSA) is 173 Å². The van der Waals surface area contributed by atoms with Crippen LogP contribution in [-0.4, -0.2) is 47.0 Å². The van der Waals surface area contributed by atoms with Crippen LogP contribution in [0.3, 0.4) is 0 Å². The lowest BCUT2D eigenvalue weighted by Crippen LogP contribution is -2.46. The summed E-state index contributed by atoms with van der Waals surface area (Å²) in [6, 6.07) is 62.0. The molecule has 9 aromatic carbocycles. The molecule has 0 radical (unpaired) electrons. The highest BCUT2D eigenvalue weighted by molar-refractivity contribution is 7.35. The average Bonchev–Trinajstić information content (AvgIpc) is 1.49. The fourth-order valence-corrected chi connectivity index (χ4v) is 20.0.